The molecule has 31 heavy (non-hydrogen) atoms. The summed E-state index contributed by atoms with van der Waals surface area (Å²) in [4.78, 5) is 30.8. The standard InChI is InChI=1S/C21H23F2N3O4S/c1-2-29-17-7-13(5-6-16(17)30-20(22)23)14-8-19(28)26(9-14)10-18(27)25-21-24-15(11-31-21)12-3-4-12/h5-7,11-12,14,20H,2-4,8-10H2,1H3,(H,24,25,27)/t14-/m1/s1. The van der Waals surface area contributed by atoms with Crippen molar-refractivity contribution in [1.82, 2.24) is 9.88 Å². The number of benzene rings is 1. The van der Waals surface area contributed by atoms with E-state index in [4.69, 9.17) is 4.74 Å². The summed E-state index contributed by atoms with van der Waals surface area (Å²) in [5.41, 5.74) is 1.79. The van der Waals surface area contributed by atoms with Crippen molar-refractivity contribution in [3.05, 3.63) is 34.8 Å². The molecule has 166 valence electrons. The number of aromatic nitrogens is 1. The first-order valence-electron chi connectivity index (χ1n) is 10.2. The van der Waals surface area contributed by atoms with Crippen LogP contribution in [0.3, 0.4) is 0 Å². The van der Waals surface area contributed by atoms with Crippen molar-refractivity contribution in [3.63, 3.8) is 0 Å². The fourth-order valence-corrected chi connectivity index (χ4v) is 4.44. The maximum absolute atomic E-state index is 12.6. The Balaban J connectivity index is 1.37. The van der Waals surface area contributed by atoms with Crippen LogP contribution in [-0.2, 0) is 9.59 Å². The normalized spacial score (nSPS) is 18.5. The van der Waals surface area contributed by atoms with Crippen LogP contribution in [0.4, 0.5) is 13.9 Å². The van der Waals surface area contributed by atoms with Gasteiger partial charge in [0.1, 0.15) is 0 Å². The fraction of sp³-hybridized carbons (Fsp3) is 0.476. The lowest BCUT2D eigenvalue weighted by Gasteiger charge is -2.17. The van der Waals surface area contributed by atoms with Crippen molar-refractivity contribution in [1.29, 1.82) is 0 Å². The number of amides is 2. The zero-order valence-corrected chi connectivity index (χ0v) is 17.8. The number of alkyl halides is 2. The third-order valence-electron chi connectivity index (χ3n) is 5.27. The second-order valence-electron chi connectivity index (χ2n) is 7.59. The lowest BCUT2D eigenvalue weighted by Crippen LogP contribution is -2.34. The van der Waals surface area contributed by atoms with Gasteiger partial charge in [-0.25, -0.2) is 4.98 Å². The number of carbonyl (C=O) groups excluding carboxylic acids is 2. The van der Waals surface area contributed by atoms with Crippen LogP contribution in [0, 0.1) is 0 Å². The molecule has 0 spiro atoms. The molecule has 2 amide bonds. The highest BCUT2D eigenvalue weighted by molar-refractivity contribution is 7.13. The molecular formula is C21H23F2N3O4S. The highest BCUT2D eigenvalue weighted by Gasteiger charge is 2.33. The highest BCUT2D eigenvalue weighted by atomic mass is 32.1. The number of likely N-dealkylation sites (tertiary alicyclic amines) is 1. The lowest BCUT2D eigenvalue weighted by atomic mass is 9.98. The molecular weight excluding hydrogens is 428 g/mol. The van der Waals surface area contributed by atoms with Gasteiger partial charge in [0.15, 0.2) is 16.6 Å². The summed E-state index contributed by atoms with van der Waals surface area (Å²) < 4.78 is 35.1. The number of nitrogens with one attached hydrogen (secondary N) is 1. The van der Waals surface area contributed by atoms with E-state index in [1.54, 1.807) is 19.1 Å². The Bertz CT molecular complexity index is 964. The first kappa shape index (κ1) is 21.5. The van der Waals surface area contributed by atoms with Crippen LogP contribution in [0.15, 0.2) is 23.6 Å². The molecule has 1 N–H and O–H groups in total. The monoisotopic (exact) mass is 451 g/mol. The SMILES string of the molecule is CCOc1cc([C@@H]2CC(=O)N(CC(=O)Nc3nc(C4CC4)cs3)C2)ccc1OC(F)F. The summed E-state index contributed by atoms with van der Waals surface area (Å²) in [6, 6.07) is 4.70. The number of halogens is 2. The molecule has 1 aromatic carbocycles. The van der Waals surface area contributed by atoms with E-state index in [0.717, 1.165) is 24.1 Å². The summed E-state index contributed by atoms with van der Waals surface area (Å²) in [5, 5.41) is 5.27. The van der Waals surface area contributed by atoms with Gasteiger partial charge in [-0.15, -0.1) is 11.3 Å². The average Bonchev–Trinajstić information content (AvgIpc) is 3.36. The molecule has 1 saturated carbocycles. The molecule has 4 rings (SSSR count). The van der Waals surface area contributed by atoms with Gasteiger partial charge in [-0.3, -0.25) is 9.59 Å². The number of carbonyl (C=O) groups is 2. The Hall–Kier alpha value is -2.75. The summed E-state index contributed by atoms with van der Waals surface area (Å²) in [5.74, 6) is 0.0860. The highest BCUT2D eigenvalue weighted by Crippen LogP contribution is 2.41. The Morgan fingerprint density at radius 3 is 2.84 bits per heavy atom. The van der Waals surface area contributed by atoms with Gasteiger partial charge in [0.05, 0.1) is 18.8 Å². The van der Waals surface area contributed by atoms with E-state index in [-0.39, 0.29) is 48.8 Å². The van der Waals surface area contributed by atoms with Crippen molar-refractivity contribution in [3.8, 4) is 11.5 Å². The largest absolute Gasteiger partial charge is 0.490 e. The number of ether oxygens (including phenoxy) is 2. The Morgan fingerprint density at radius 2 is 2.13 bits per heavy atom. The molecule has 1 aliphatic heterocycles. The third kappa shape index (κ3) is 5.30. The van der Waals surface area contributed by atoms with Crippen molar-refractivity contribution in [2.75, 3.05) is 25.0 Å². The minimum absolute atomic E-state index is 0.0461. The summed E-state index contributed by atoms with van der Waals surface area (Å²) in [6.45, 7) is -0.617. The molecule has 10 heteroatoms. The predicted octanol–water partition coefficient (Wildman–Crippen LogP) is 3.98. The van der Waals surface area contributed by atoms with Crippen molar-refractivity contribution < 1.29 is 27.8 Å². The van der Waals surface area contributed by atoms with Crippen LogP contribution in [0.2, 0.25) is 0 Å². The van der Waals surface area contributed by atoms with Crippen molar-refractivity contribution in [2.45, 2.75) is 44.6 Å². The first-order valence-corrected chi connectivity index (χ1v) is 11.1. The topological polar surface area (TPSA) is 80.8 Å². The quantitative estimate of drug-likeness (QED) is 0.624. The van der Waals surface area contributed by atoms with Gasteiger partial charge in [-0.2, -0.15) is 8.78 Å². The molecule has 2 aliphatic rings. The zero-order valence-electron chi connectivity index (χ0n) is 17.0. The number of rotatable bonds is 9. The van der Waals surface area contributed by atoms with Crippen LogP contribution in [0.25, 0.3) is 0 Å². The summed E-state index contributed by atoms with van der Waals surface area (Å²) in [7, 11) is 0. The van der Waals surface area contributed by atoms with Gasteiger partial charge in [-0.1, -0.05) is 6.07 Å². The predicted molar refractivity (Wildman–Crippen MR) is 111 cm³/mol. The second kappa shape index (κ2) is 9.17. The Kier molecular flexibility index (Phi) is 6.35. The van der Waals surface area contributed by atoms with Crippen molar-refractivity contribution >= 4 is 28.3 Å². The molecule has 1 atom stereocenters. The molecule has 0 unspecified atom stereocenters. The van der Waals surface area contributed by atoms with E-state index >= 15 is 0 Å². The molecule has 2 heterocycles. The minimum atomic E-state index is -2.95. The number of thiazole rings is 1. The second-order valence-corrected chi connectivity index (χ2v) is 8.45. The van der Waals surface area contributed by atoms with Gasteiger partial charge in [0, 0.05) is 30.2 Å². The number of hydrogen-bond donors (Lipinski definition) is 1. The maximum atomic E-state index is 12.6. The lowest BCUT2D eigenvalue weighted by molar-refractivity contribution is -0.131. The average molecular weight is 451 g/mol. The van der Waals surface area contributed by atoms with E-state index in [1.807, 2.05) is 5.38 Å². The molecule has 7 nitrogen and oxygen atoms in total. The van der Waals surface area contributed by atoms with Crippen LogP contribution in [0.1, 0.15) is 49.3 Å². The van der Waals surface area contributed by atoms with Gasteiger partial charge < -0.3 is 19.7 Å². The molecule has 1 saturated heterocycles. The van der Waals surface area contributed by atoms with Crippen LogP contribution in [-0.4, -0.2) is 48.0 Å². The molecule has 0 bridgehead atoms. The number of hydrogen-bond acceptors (Lipinski definition) is 6. The molecule has 1 aromatic heterocycles. The van der Waals surface area contributed by atoms with Crippen LogP contribution >= 0.6 is 11.3 Å². The van der Waals surface area contributed by atoms with E-state index < -0.39 is 6.61 Å². The Morgan fingerprint density at radius 1 is 1.32 bits per heavy atom. The Labute approximate surface area is 182 Å². The van der Waals surface area contributed by atoms with Crippen LogP contribution in [0.5, 0.6) is 11.5 Å². The fourth-order valence-electron chi connectivity index (χ4n) is 3.63. The summed E-state index contributed by atoms with van der Waals surface area (Å²) in [6.07, 6.45) is 2.51. The maximum Gasteiger partial charge on any atom is 0.387 e. The van der Waals surface area contributed by atoms with E-state index in [1.165, 1.54) is 22.3 Å². The molecule has 2 fully saturated rings. The van der Waals surface area contributed by atoms with Crippen molar-refractivity contribution in [2.24, 2.45) is 0 Å². The van der Waals surface area contributed by atoms with E-state index in [0.29, 0.717) is 17.6 Å². The zero-order chi connectivity index (χ0) is 22.0. The third-order valence-corrected chi connectivity index (χ3v) is 6.04. The van der Waals surface area contributed by atoms with Gasteiger partial charge in [0.2, 0.25) is 11.8 Å². The van der Waals surface area contributed by atoms with Gasteiger partial charge in [0.25, 0.3) is 0 Å². The number of anilines is 1. The smallest absolute Gasteiger partial charge is 0.387 e. The van der Waals surface area contributed by atoms with Gasteiger partial charge in [-0.05, 0) is 37.5 Å². The minimum Gasteiger partial charge on any atom is -0.490 e. The molecule has 1 aliphatic carbocycles. The van der Waals surface area contributed by atoms with E-state index in [9.17, 15) is 18.4 Å². The van der Waals surface area contributed by atoms with Crippen LogP contribution < -0.4 is 14.8 Å². The summed E-state index contributed by atoms with van der Waals surface area (Å²) >= 11 is 1.39. The van der Waals surface area contributed by atoms with E-state index in [2.05, 4.69) is 15.0 Å². The van der Waals surface area contributed by atoms with Gasteiger partial charge >= 0.3 is 6.61 Å². The molecule has 2 aromatic rings. The first-order chi connectivity index (χ1) is 14.9. The molecule has 0 radical (unpaired) electrons. The number of nitrogens with zero attached hydrogens (tertiary/aromatic N) is 2.